The van der Waals surface area contributed by atoms with Gasteiger partial charge < -0.3 is 53.6 Å². The second-order valence-corrected chi connectivity index (χ2v) is 13.4. The second-order valence-electron chi connectivity index (χ2n) is 13.4. The van der Waals surface area contributed by atoms with E-state index in [0.29, 0.717) is 18.4 Å². The van der Waals surface area contributed by atoms with Crippen molar-refractivity contribution < 1.29 is 48.6 Å². The molecule has 12 N–H and O–H groups in total. The fraction of sp³-hybridized carbons (Fsp3) is 0.588. The van der Waals surface area contributed by atoms with E-state index < -0.39 is 102 Å². The maximum absolute atomic E-state index is 14.2. The molecule has 2 rings (SSSR count). The molecule has 0 bridgehead atoms. The molecule has 0 radical (unpaired) electrons. The third kappa shape index (κ3) is 12.8. The molecule has 18 nitrogen and oxygen atoms in total. The Morgan fingerprint density at radius 3 is 2.00 bits per heavy atom. The van der Waals surface area contributed by atoms with Crippen molar-refractivity contribution in [1.82, 2.24) is 26.2 Å². The van der Waals surface area contributed by atoms with Gasteiger partial charge in [0, 0.05) is 19.4 Å². The van der Waals surface area contributed by atoms with Gasteiger partial charge in [0.05, 0.1) is 12.5 Å². The van der Waals surface area contributed by atoms with E-state index in [1.807, 2.05) is 0 Å². The molecule has 1 aromatic rings. The van der Waals surface area contributed by atoms with E-state index in [1.165, 1.54) is 29.2 Å². The zero-order valence-corrected chi connectivity index (χ0v) is 29.9. The molecule has 7 atom stereocenters. The van der Waals surface area contributed by atoms with E-state index in [-0.39, 0.29) is 38.0 Å². The van der Waals surface area contributed by atoms with Gasteiger partial charge in [0.25, 0.3) is 0 Å². The van der Waals surface area contributed by atoms with Crippen LogP contribution in [0.3, 0.4) is 0 Å². The van der Waals surface area contributed by atoms with Gasteiger partial charge in [-0.1, -0.05) is 46.2 Å². The molecule has 7 amide bonds. The highest BCUT2D eigenvalue weighted by molar-refractivity contribution is 5.98. The normalized spacial score (nSPS) is 17.5. The molecule has 0 saturated carbocycles. The van der Waals surface area contributed by atoms with Crippen molar-refractivity contribution in [3.63, 3.8) is 0 Å². The Labute approximate surface area is 302 Å². The number of phenols is 1. The number of hydrogen-bond acceptors (Lipinski definition) is 10. The summed E-state index contributed by atoms with van der Waals surface area (Å²) >= 11 is 0. The third-order valence-corrected chi connectivity index (χ3v) is 8.93. The molecular weight excluding hydrogens is 680 g/mol. The number of carbonyl (C=O) groups is 8. The van der Waals surface area contributed by atoms with Crippen LogP contribution in [-0.4, -0.2) is 105 Å². The van der Waals surface area contributed by atoms with Gasteiger partial charge in [0.15, 0.2) is 0 Å². The molecule has 52 heavy (non-hydrogen) atoms. The fourth-order valence-corrected chi connectivity index (χ4v) is 5.67. The van der Waals surface area contributed by atoms with Crippen LogP contribution >= 0.6 is 0 Å². The van der Waals surface area contributed by atoms with Crippen LogP contribution < -0.4 is 38.5 Å². The Kier molecular flexibility index (Phi) is 16.5. The average Bonchev–Trinajstić information content (AvgIpc) is 3.57. The number of rotatable bonds is 20. The first-order valence-electron chi connectivity index (χ1n) is 17.2. The van der Waals surface area contributed by atoms with Crippen molar-refractivity contribution in [1.29, 1.82) is 0 Å². The molecule has 0 aliphatic carbocycles. The molecule has 0 aromatic heterocycles. The lowest BCUT2D eigenvalue weighted by molar-refractivity contribution is -0.145. The number of primary amides is 2. The Morgan fingerprint density at radius 1 is 0.846 bits per heavy atom. The van der Waals surface area contributed by atoms with Crippen LogP contribution in [0, 0.1) is 11.8 Å². The number of carbonyl (C=O) groups excluding carboxylic acids is 7. The summed E-state index contributed by atoms with van der Waals surface area (Å²) in [6.45, 7) is 6.92. The smallest absolute Gasteiger partial charge is 0.326 e. The summed E-state index contributed by atoms with van der Waals surface area (Å²) in [5, 5.41) is 29.5. The van der Waals surface area contributed by atoms with Crippen LogP contribution in [0.4, 0.5) is 0 Å². The largest absolute Gasteiger partial charge is 0.508 e. The van der Waals surface area contributed by atoms with Gasteiger partial charge in [-0.2, -0.15) is 0 Å². The van der Waals surface area contributed by atoms with Gasteiger partial charge in [-0.05, 0) is 48.8 Å². The van der Waals surface area contributed by atoms with Gasteiger partial charge in [-0.3, -0.25) is 33.6 Å². The first kappa shape index (κ1) is 42.9. The van der Waals surface area contributed by atoms with Crippen LogP contribution in [0.15, 0.2) is 24.3 Å². The van der Waals surface area contributed by atoms with Crippen molar-refractivity contribution in [3.05, 3.63) is 29.8 Å². The van der Waals surface area contributed by atoms with Crippen molar-refractivity contribution in [2.45, 2.75) is 109 Å². The summed E-state index contributed by atoms with van der Waals surface area (Å²) in [5.74, 6) is -7.62. The van der Waals surface area contributed by atoms with Crippen molar-refractivity contribution in [2.75, 3.05) is 6.54 Å². The predicted octanol–water partition coefficient (Wildman–Crippen LogP) is -1.88. The topological polar surface area (TPSA) is 306 Å². The van der Waals surface area contributed by atoms with Crippen molar-refractivity contribution >= 4 is 47.3 Å². The molecule has 288 valence electrons. The number of aromatic hydroxyl groups is 1. The highest BCUT2D eigenvalue weighted by atomic mass is 16.4. The highest BCUT2D eigenvalue weighted by Crippen LogP contribution is 2.22. The maximum atomic E-state index is 14.2. The van der Waals surface area contributed by atoms with Crippen molar-refractivity contribution in [2.24, 2.45) is 29.0 Å². The number of benzene rings is 1. The summed E-state index contributed by atoms with van der Waals surface area (Å²) in [6, 6.07) is -1.74. The first-order valence-corrected chi connectivity index (χ1v) is 17.2. The summed E-state index contributed by atoms with van der Waals surface area (Å²) < 4.78 is 0. The number of carboxylic acids is 1. The third-order valence-electron chi connectivity index (χ3n) is 8.93. The molecule has 18 heteroatoms. The number of nitrogens with zero attached hydrogens (tertiary/aromatic N) is 1. The summed E-state index contributed by atoms with van der Waals surface area (Å²) in [7, 11) is 0. The molecule has 1 fully saturated rings. The quantitative estimate of drug-likeness (QED) is 0.0715. The number of aliphatic carboxylic acids is 1. The standard InChI is InChI=1S/C34H52N8O10/c1-5-18(4)28(32(49)40-27(17(2)3)34(51)52)41-31(48)24-7-6-14-42(24)33(50)23(15-19-8-10-20(43)11-9-19)39-30(47)22(16-26(37)45)38-29(46)21(35)12-13-25(36)44/h8-11,17-18,21-24,27-28,43H,5-7,12-16,35H2,1-4H3,(H2,36,44)(H2,37,45)(H,38,46)(H,39,47)(H,40,49)(H,41,48)(H,51,52). The number of likely N-dealkylation sites (tertiary alicyclic amines) is 1. The van der Waals surface area contributed by atoms with Gasteiger partial charge in [-0.25, -0.2) is 4.79 Å². The minimum Gasteiger partial charge on any atom is -0.508 e. The number of nitrogens with two attached hydrogens (primary N) is 3. The molecule has 1 saturated heterocycles. The molecule has 0 spiro atoms. The average molecular weight is 733 g/mol. The van der Waals surface area contributed by atoms with Gasteiger partial charge in [0.1, 0.15) is 36.0 Å². The number of hydrogen-bond donors (Lipinski definition) is 9. The monoisotopic (exact) mass is 732 g/mol. The first-order chi connectivity index (χ1) is 24.4. The number of amides is 7. The van der Waals surface area contributed by atoms with Crippen LogP contribution in [-0.2, 0) is 44.8 Å². The second kappa shape index (κ2) is 20.0. The SMILES string of the molecule is CCC(C)C(NC(=O)C1CCCN1C(=O)C(Cc1ccc(O)cc1)NC(=O)C(CC(N)=O)NC(=O)C(N)CCC(N)=O)C(=O)NC(C(=O)O)C(C)C. The molecule has 1 aliphatic rings. The van der Waals surface area contributed by atoms with Crippen molar-refractivity contribution in [3.8, 4) is 5.75 Å². The fourth-order valence-electron chi connectivity index (χ4n) is 5.67. The number of nitrogens with one attached hydrogen (secondary N) is 4. The van der Waals surface area contributed by atoms with Gasteiger partial charge >= 0.3 is 5.97 Å². The minimum absolute atomic E-state index is 0.0492. The van der Waals surface area contributed by atoms with Gasteiger partial charge in [-0.15, -0.1) is 0 Å². The number of phenolic OH excluding ortho intramolecular Hbond substituents is 1. The number of carboxylic acid groups (broad SMARTS) is 1. The van der Waals surface area contributed by atoms with E-state index >= 15 is 0 Å². The van der Waals surface area contributed by atoms with Gasteiger partial charge in [0.2, 0.25) is 41.4 Å². The van der Waals surface area contributed by atoms with E-state index in [1.54, 1.807) is 27.7 Å². The zero-order valence-electron chi connectivity index (χ0n) is 29.9. The zero-order chi connectivity index (χ0) is 39.3. The Morgan fingerprint density at radius 2 is 1.46 bits per heavy atom. The molecular formula is C34H52N8O10. The highest BCUT2D eigenvalue weighted by Gasteiger charge is 2.41. The van der Waals surface area contributed by atoms with Crippen LogP contribution in [0.25, 0.3) is 0 Å². The minimum atomic E-state index is -1.56. The predicted molar refractivity (Wildman–Crippen MR) is 186 cm³/mol. The molecule has 1 aromatic carbocycles. The maximum Gasteiger partial charge on any atom is 0.326 e. The lowest BCUT2D eigenvalue weighted by Gasteiger charge is -2.32. The lowest BCUT2D eigenvalue weighted by atomic mass is 9.96. The lowest BCUT2D eigenvalue weighted by Crippen LogP contribution is -2.60. The summed E-state index contributed by atoms with van der Waals surface area (Å²) in [6.07, 6.45) is -0.0445. The van der Waals surface area contributed by atoms with E-state index in [4.69, 9.17) is 17.2 Å². The van der Waals surface area contributed by atoms with Crippen LogP contribution in [0.2, 0.25) is 0 Å². The summed E-state index contributed by atoms with van der Waals surface area (Å²) in [5.41, 5.74) is 16.8. The molecule has 1 heterocycles. The van der Waals surface area contributed by atoms with E-state index in [2.05, 4.69) is 21.3 Å². The van der Waals surface area contributed by atoms with Crippen LogP contribution in [0.5, 0.6) is 5.75 Å². The Bertz CT molecular complexity index is 1470. The Hall–Kier alpha value is -5.26. The van der Waals surface area contributed by atoms with Crippen LogP contribution in [0.1, 0.15) is 71.8 Å². The molecule has 7 unspecified atom stereocenters. The van der Waals surface area contributed by atoms with E-state index in [0.717, 1.165) is 0 Å². The summed E-state index contributed by atoms with van der Waals surface area (Å²) in [4.78, 5) is 104. The molecule has 1 aliphatic heterocycles. The Balaban J connectivity index is 2.37. The van der Waals surface area contributed by atoms with E-state index in [9.17, 15) is 48.6 Å².